The maximum atomic E-state index is 12.2. The van der Waals surface area contributed by atoms with Crippen molar-refractivity contribution in [3.8, 4) is 17.2 Å². The van der Waals surface area contributed by atoms with Crippen LogP contribution >= 0.6 is 0 Å². The fourth-order valence-corrected chi connectivity index (χ4v) is 2.63. The number of carbonyl (C=O) groups excluding carboxylic acids is 1. The predicted molar refractivity (Wildman–Crippen MR) is 96.3 cm³/mol. The summed E-state index contributed by atoms with van der Waals surface area (Å²) in [5.74, 6) is 1.95. The first kappa shape index (κ1) is 17.0. The first-order valence-corrected chi connectivity index (χ1v) is 8.29. The Hall–Kier alpha value is -2.89. The summed E-state index contributed by atoms with van der Waals surface area (Å²) >= 11 is 0. The van der Waals surface area contributed by atoms with Crippen molar-refractivity contribution < 1.29 is 19.0 Å². The molecule has 1 heterocycles. The van der Waals surface area contributed by atoms with Crippen LogP contribution in [0.25, 0.3) is 0 Å². The molecule has 2 aromatic rings. The summed E-state index contributed by atoms with van der Waals surface area (Å²) in [6.07, 6.45) is 1.00. The zero-order chi connectivity index (χ0) is 17.8. The van der Waals surface area contributed by atoms with E-state index in [0.29, 0.717) is 28.8 Å². The van der Waals surface area contributed by atoms with Gasteiger partial charge in [0.1, 0.15) is 5.75 Å². The summed E-state index contributed by atoms with van der Waals surface area (Å²) in [6, 6.07) is 11.1. The highest BCUT2D eigenvalue weighted by Crippen LogP contribution is 2.38. The Balaban J connectivity index is 1.65. The third-order valence-electron chi connectivity index (χ3n) is 4.24. The van der Waals surface area contributed by atoms with Crippen LogP contribution in [0.2, 0.25) is 0 Å². The second-order valence-corrected chi connectivity index (χ2v) is 5.98. The summed E-state index contributed by atoms with van der Waals surface area (Å²) in [5, 5.41) is 2.75. The lowest BCUT2D eigenvalue weighted by molar-refractivity contribution is -0.118. The standard InChI is InChI=1S/C19H22N2O4/c1-3-12(2)13-6-4-5-7-16(13)23-10-19(22)21-15-9-18-17(8-14(15)20)24-11-25-18/h4-9,12H,3,10-11,20H2,1-2H3,(H,21,22). The van der Waals surface area contributed by atoms with Crippen LogP contribution in [0.15, 0.2) is 36.4 Å². The zero-order valence-corrected chi connectivity index (χ0v) is 14.4. The third kappa shape index (κ3) is 3.79. The average Bonchev–Trinajstić information content (AvgIpc) is 3.07. The van der Waals surface area contributed by atoms with Crippen LogP contribution in [0.4, 0.5) is 11.4 Å². The van der Waals surface area contributed by atoms with Gasteiger partial charge >= 0.3 is 0 Å². The summed E-state index contributed by atoms with van der Waals surface area (Å²) < 4.78 is 16.3. The molecule has 25 heavy (non-hydrogen) atoms. The van der Waals surface area contributed by atoms with E-state index in [1.54, 1.807) is 12.1 Å². The van der Waals surface area contributed by atoms with Gasteiger partial charge in [-0.25, -0.2) is 0 Å². The first-order chi connectivity index (χ1) is 12.1. The molecular weight excluding hydrogens is 320 g/mol. The van der Waals surface area contributed by atoms with Crippen molar-refractivity contribution in [1.29, 1.82) is 0 Å². The number of para-hydroxylation sites is 1. The second kappa shape index (κ2) is 7.34. The maximum Gasteiger partial charge on any atom is 0.262 e. The molecule has 0 radical (unpaired) electrons. The highest BCUT2D eigenvalue weighted by atomic mass is 16.7. The molecule has 0 fully saturated rings. The van der Waals surface area contributed by atoms with Gasteiger partial charge in [-0.3, -0.25) is 4.79 Å². The number of rotatable bonds is 6. The quantitative estimate of drug-likeness (QED) is 0.785. The average molecular weight is 342 g/mol. The van der Waals surface area contributed by atoms with Crippen molar-refractivity contribution in [2.24, 2.45) is 0 Å². The highest BCUT2D eigenvalue weighted by Gasteiger charge is 2.18. The largest absolute Gasteiger partial charge is 0.483 e. The van der Waals surface area contributed by atoms with Gasteiger partial charge < -0.3 is 25.3 Å². The number of hydrogen-bond donors (Lipinski definition) is 2. The molecule has 3 rings (SSSR count). The van der Waals surface area contributed by atoms with E-state index in [2.05, 4.69) is 19.2 Å². The summed E-state index contributed by atoms with van der Waals surface area (Å²) in [5.41, 5.74) is 7.93. The Kier molecular flexibility index (Phi) is 4.97. The Morgan fingerprint density at radius 2 is 2.00 bits per heavy atom. The summed E-state index contributed by atoms with van der Waals surface area (Å²) in [7, 11) is 0. The summed E-state index contributed by atoms with van der Waals surface area (Å²) in [6.45, 7) is 4.31. The lowest BCUT2D eigenvalue weighted by Crippen LogP contribution is -2.21. The number of nitrogen functional groups attached to an aromatic ring is 1. The number of amides is 1. The van der Waals surface area contributed by atoms with Crippen molar-refractivity contribution in [1.82, 2.24) is 0 Å². The molecule has 0 spiro atoms. The molecule has 0 bridgehead atoms. The van der Waals surface area contributed by atoms with Crippen LogP contribution in [-0.2, 0) is 4.79 Å². The lowest BCUT2D eigenvalue weighted by Gasteiger charge is -2.16. The molecule has 1 aliphatic heterocycles. The predicted octanol–water partition coefficient (Wildman–Crippen LogP) is 3.53. The van der Waals surface area contributed by atoms with Crippen molar-refractivity contribution in [3.05, 3.63) is 42.0 Å². The molecule has 6 nitrogen and oxygen atoms in total. The van der Waals surface area contributed by atoms with Crippen molar-refractivity contribution in [2.75, 3.05) is 24.5 Å². The van der Waals surface area contributed by atoms with E-state index < -0.39 is 0 Å². The van der Waals surface area contributed by atoms with Gasteiger partial charge in [0.05, 0.1) is 11.4 Å². The second-order valence-electron chi connectivity index (χ2n) is 5.98. The van der Waals surface area contributed by atoms with E-state index >= 15 is 0 Å². The van der Waals surface area contributed by atoms with Gasteiger partial charge in [-0.15, -0.1) is 0 Å². The number of nitrogens with one attached hydrogen (secondary N) is 1. The monoisotopic (exact) mass is 342 g/mol. The fourth-order valence-electron chi connectivity index (χ4n) is 2.63. The number of anilines is 2. The van der Waals surface area contributed by atoms with Gasteiger partial charge in [-0.05, 0) is 24.0 Å². The Morgan fingerprint density at radius 1 is 1.28 bits per heavy atom. The van der Waals surface area contributed by atoms with Crippen LogP contribution in [0.1, 0.15) is 31.7 Å². The number of nitrogens with two attached hydrogens (primary N) is 1. The Labute approximate surface area is 146 Å². The van der Waals surface area contributed by atoms with Crippen molar-refractivity contribution >= 4 is 17.3 Å². The van der Waals surface area contributed by atoms with E-state index in [1.807, 2.05) is 24.3 Å². The molecule has 6 heteroatoms. The van der Waals surface area contributed by atoms with Crippen LogP contribution in [-0.4, -0.2) is 19.3 Å². The van der Waals surface area contributed by atoms with E-state index in [4.69, 9.17) is 19.9 Å². The van der Waals surface area contributed by atoms with Crippen LogP contribution in [0, 0.1) is 0 Å². The molecule has 0 saturated carbocycles. The fraction of sp³-hybridized carbons (Fsp3) is 0.316. The van der Waals surface area contributed by atoms with Crippen LogP contribution in [0.5, 0.6) is 17.2 Å². The van der Waals surface area contributed by atoms with E-state index in [-0.39, 0.29) is 19.3 Å². The summed E-state index contributed by atoms with van der Waals surface area (Å²) in [4.78, 5) is 12.2. The van der Waals surface area contributed by atoms with E-state index in [1.165, 1.54) is 0 Å². The number of hydrogen-bond acceptors (Lipinski definition) is 5. The van der Waals surface area contributed by atoms with Crippen molar-refractivity contribution in [2.45, 2.75) is 26.2 Å². The van der Waals surface area contributed by atoms with Gasteiger partial charge in [0, 0.05) is 12.1 Å². The zero-order valence-electron chi connectivity index (χ0n) is 14.4. The van der Waals surface area contributed by atoms with Crippen LogP contribution < -0.4 is 25.3 Å². The van der Waals surface area contributed by atoms with Gasteiger partial charge in [0.15, 0.2) is 18.1 Å². The SMILES string of the molecule is CCC(C)c1ccccc1OCC(=O)Nc1cc2c(cc1N)OCO2. The molecule has 0 saturated heterocycles. The maximum absolute atomic E-state index is 12.2. The molecule has 0 aliphatic carbocycles. The number of benzene rings is 2. The third-order valence-corrected chi connectivity index (χ3v) is 4.24. The number of carbonyl (C=O) groups is 1. The molecule has 0 aromatic heterocycles. The van der Waals surface area contributed by atoms with E-state index in [9.17, 15) is 4.79 Å². The Bertz CT molecular complexity index is 776. The molecule has 1 unspecified atom stereocenters. The molecule has 1 atom stereocenters. The normalized spacial score (nSPS) is 13.4. The molecule has 1 amide bonds. The number of ether oxygens (including phenoxy) is 3. The van der Waals surface area contributed by atoms with Crippen LogP contribution in [0.3, 0.4) is 0 Å². The topological polar surface area (TPSA) is 82.8 Å². The molecule has 2 aromatic carbocycles. The molecule has 1 aliphatic rings. The minimum Gasteiger partial charge on any atom is -0.483 e. The Morgan fingerprint density at radius 3 is 2.76 bits per heavy atom. The highest BCUT2D eigenvalue weighted by molar-refractivity contribution is 5.95. The van der Waals surface area contributed by atoms with Gasteiger partial charge in [0.2, 0.25) is 6.79 Å². The molecule has 132 valence electrons. The van der Waals surface area contributed by atoms with Gasteiger partial charge in [-0.1, -0.05) is 32.0 Å². The number of fused-ring (bicyclic) bond motifs is 1. The molecule has 3 N–H and O–H groups in total. The van der Waals surface area contributed by atoms with Gasteiger partial charge in [-0.2, -0.15) is 0 Å². The first-order valence-electron chi connectivity index (χ1n) is 8.29. The van der Waals surface area contributed by atoms with Gasteiger partial charge in [0.25, 0.3) is 5.91 Å². The molecular formula is C19H22N2O4. The lowest BCUT2D eigenvalue weighted by atomic mass is 9.98. The smallest absolute Gasteiger partial charge is 0.262 e. The minimum atomic E-state index is -0.287. The van der Waals surface area contributed by atoms with Crippen molar-refractivity contribution in [3.63, 3.8) is 0 Å². The minimum absolute atomic E-state index is 0.0959. The van der Waals surface area contributed by atoms with E-state index in [0.717, 1.165) is 17.7 Å².